The van der Waals surface area contributed by atoms with Gasteiger partial charge in [-0.3, -0.25) is 9.59 Å². The molecule has 0 aliphatic heterocycles. The summed E-state index contributed by atoms with van der Waals surface area (Å²) in [5.41, 5.74) is 0. The van der Waals surface area contributed by atoms with Gasteiger partial charge in [-0.05, 0) is 0 Å². The topological polar surface area (TPSA) is 68.3 Å². The Morgan fingerprint density at radius 1 is 1.20 bits per heavy atom. The van der Waals surface area contributed by atoms with Gasteiger partial charge in [0, 0.05) is 19.1 Å². The van der Waals surface area contributed by atoms with Crippen LogP contribution in [0.5, 0.6) is 0 Å². The Hall–Kier alpha value is -0.920. The maximum absolute atomic E-state index is 12.7. The molecule has 15 heavy (non-hydrogen) atoms. The second kappa shape index (κ2) is 4.73. The highest BCUT2D eigenvalue weighted by Gasteiger charge is 2.48. The van der Waals surface area contributed by atoms with E-state index in [2.05, 4.69) is 0 Å². The number of carbonyl (C=O) groups is 2. The standard InChI is InChI=1S/C7H9F3O4S/c1-15(13,14)7(9,10)6(12)3-2-5(11)4-8/h2-4H2,1H3. The summed E-state index contributed by atoms with van der Waals surface area (Å²) in [6, 6.07) is 0. The minimum atomic E-state index is -4.84. The van der Waals surface area contributed by atoms with E-state index in [1.54, 1.807) is 0 Å². The first-order valence-electron chi connectivity index (χ1n) is 3.81. The van der Waals surface area contributed by atoms with Crippen LogP contribution in [0.1, 0.15) is 12.8 Å². The lowest BCUT2D eigenvalue weighted by molar-refractivity contribution is -0.135. The number of hydrogen-bond acceptors (Lipinski definition) is 4. The Kier molecular flexibility index (Phi) is 4.44. The van der Waals surface area contributed by atoms with E-state index in [0.717, 1.165) is 0 Å². The maximum Gasteiger partial charge on any atom is 0.402 e. The first kappa shape index (κ1) is 14.1. The van der Waals surface area contributed by atoms with E-state index in [9.17, 15) is 31.2 Å². The van der Waals surface area contributed by atoms with Gasteiger partial charge >= 0.3 is 5.25 Å². The van der Waals surface area contributed by atoms with Gasteiger partial charge in [0.2, 0.25) is 15.6 Å². The van der Waals surface area contributed by atoms with Crippen LogP contribution in [0.3, 0.4) is 0 Å². The summed E-state index contributed by atoms with van der Waals surface area (Å²) in [6.45, 7) is -1.36. The van der Waals surface area contributed by atoms with E-state index in [1.807, 2.05) is 0 Å². The zero-order chi connectivity index (χ0) is 12.3. The second-order valence-electron chi connectivity index (χ2n) is 2.88. The van der Waals surface area contributed by atoms with E-state index in [-0.39, 0.29) is 6.26 Å². The molecule has 4 nitrogen and oxygen atoms in total. The van der Waals surface area contributed by atoms with Gasteiger partial charge in [0.05, 0.1) is 0 Å². The van der Waals surface area contributed by atoms with Crippen molar-refractivity contribution < 1.29 is 31.2 Å². The van der Waals surface area contributed by atoms with Crippen LogP contribution in [0.2, 0.25) is 0 Å². The van der Waals surface area contributed by atoms with Gasteiger partial charge in [-0.2, -0.15) is 8.78 Å². The van der Waals surface area contributed by atoms with E-state index in [0.29, 0.717) is 0 Å². The van der Waals surface area contributed by atoms with Crippen molar-refractivity contribution in [2.45, 2.75) is 18.1 Å². The van der Waals surface area contributed by atoms with Crippen LogP contribution in [0.15, 0.2) is 0 Å². The summed E-state index contributed by atoms with van der Waals surface area (Å²) in [5, 5.41) is -4.51. The van der Waals surface area contributed by atoms with Gasteiger partial charge in [-0.15, -0.1) is 0 Å². The normalized spacial score (nSPS) is 12.5. The molecule has 0 saturated heterocycles. The Labute approximate surface area is 84.4 Å². The molecule has 0 bridgehead atoms. The van der Waals surface area contributed by atoms with Gasteiger partial charge in [-0.25, -0.2) is 12.8 Å². The van der Waals surface area contributed by atoms with Crippen molar-refractivity contribution in [3.05, 3.63) is 0 Å². The summed E-state index contributed by atoms with van der Waals surface area (Å²) in [4.78, 5) is 21.1. The van der Waals surface area contributed by atoms with Gasteiger partial charge in [0.1, 0.15) is 6.67 Å². The van der Waals surface area contributed by atoms with Gasteiger partial charge < -0.3 is 0 Å². The molecule has 0 fully saturated rings. The summed E-state index contributed by atoms with van der Waals surface area (Å²) in [7, 11) is -4.84. The molecular weight excluding hydrogens is 237 g/mol. The fourth-order valence-electron chi connectivity index (χ4n) is 0.672. The summed E-state index contributed by atoms with van der Waals surface area (Å²) in [6.07, 6.45) is -1.49. The molecule has 0 atom stereocenters. The van der Waals surface area contributed by atoms with Crippen LogP contribution in [0, 0.1) is 0 Å². The van der Waals surface area contributed by atoms with Crippen LogP contribution in [-0.4, -0.2) is 38.2 Å². The fraction of sp³-hybridized carbons (Fsp3) is 0.714. The van der Waals surface area contributed by atoms with Crippen molar-refractivity contribution >= 4 is 21.4 Å². The summed E-state index contributed by atoms with van der Waals surface area (Å²) in [5.74, 6) is -2.92. The zero-order valence-corrected chi connectivity index (χ0v) is 8.61. The fourth-order valence-corrected chi connectivity index (χ4v) is 1.19. The first-order valence-corrected chi connectivity index (χ1v) is 5.70. The highest BCUT2D eigenvalue weighted by molar-refractivity contribution is 7.92. The maximum atomic E-state index is 12.7. The van der Waals surface area contributed by atoms with Crippen molar-refractivity contribution in [3.63, 3.8) is 0 Å². The molecule has 0 aliphatic carbocycles. The lowest BCUT2D eigenvalue weighted by atomic mass is 10.2. The van der Waals surface area contributed by atoms with Gasteiger partial charge in [0.15, 0.2) is 5.78 Å². The molecule has 88 valence electrons. The molecule has 0 aromatic carbocycles. The zero-order valence-electron chi connectivity index (χ0n) is 7.80. The smallest absolute Gasteiger partial charge is 0.297 e. The molecule has 0 aromatic rings. The van der Waals surface area contributed by atoms with E-state index >= 15 is 0 Å². The van der Waals surface area contributed by atoms with Crippen LogP contribution in [-0.2, 0) is 19.4 Å². The summed E-state index contributed by atoms with van der Waals surface area (Å²) < 4.78 is 58.0. The molecule has 0 radical (unpaired) electrons. The Morgan fingerprint density at radius 3 is 2.00 bits per heavy atom. The number of halogens is 3. The largest absolute Gasteiger partial charge is 0.402 e. The van der Waals surface area contributed by atoms with E-state index < -0.39 is 46.2 Å². The van der Waals surface area contributed by atoms with Crippen molar-refractivity contribution in [1.29, 1.82) is 0 Å². The SMILES string of the molecule is CS(=O)(=O)C(F)(F)C(=O)CCC(=O)CF. The van der Waals surface area contributed by atoms with Crippen molar-refractivity contribution in [2.75, 3.05) is 12.9 Å². The van der Waals surface area contributed by atoms with Crippen LogP contribution in [0.25, 0.3) is 0 Å². The summed E-state index contributed by atoms with van der Waals surface area (Å²) >= 11 is 0. The number of rotatable bonds is 6. The number of sulfone groups is 1. The average molecular weight is 246 g/mol. The van der Waals surface area contributed by atoms with Crippen molar-refractivity contribution in [1.82, 2.24) is 0 Å². The number of Topliss-reactive ketones (excluding diaryl/α,β-unsaturated/α-hetero) is 2. The molecule has 0 amide bonds. The third kappa shape index (κ3) is 3.61. The first-order chi connectivity index (χ1) is 6.63. The molecule has 0 N–H and O–H groups in total. The molecule has 0 heterocycles. The minimum Gasteiger partial charge on any atom is -0.297 e. The van der Waals surface area contributed by atoms with E-state index in [4.69, 9.17) is 0 Å². The number of carbonyl (C=O) groups excluding carboxylic acids is 2. The van der Waals surface area contributed by atoms with Crippen LogP contribution >= 0.6 is 0 Å². The molecule has 0 unspecified atom stereocenters. The second-order valence-corrected chi connectivity index (χ2v) is 4.94. The Balaban J connectivity index is 4.54. The van der Waals surface area contributed by atoms with Crippen LogP contribution < -0.4 is 0 Å². The monoisotopic (exact) mass is 246 g/mol. The predicted molar refractivity (Wildman–Crippen MR) is 45.0 cm³/mol. The third-order valence-electron chi connectivity index (χ3n) is 1.57. The molecule has 0 rings (SSSR count). The van der Waals surface area contributed by atoms with Gasteiger partial charge in [-0.1, -0.05) is 0 Å². The average Bonchev–Trinajstić information content (AvgIpc) is 2.11. The Bertz CT molecular complexity index is 360. The lowest BCUT2D eigenvalue weighted by Gasteiger charge is -2.11. The molecule has 0 aromatic heterocycles. The Morgan fingerprint density at radius 2 is 1.67 bits per heavy atom. The molecular formula is C7H9F3O4S. The lowest BCUT2D eigenvalue weighted by Crippen LogP contribution is -2.37. The third-order valence-corrected chi connectivity index (χ3v) is 2.73. The quantitative estimate of drug-likeness (QED) is 0.684. The highest BCUT2D eigenvalue weighted by atomic mass is 32.2. The molecule has 0 aliphatic rings. The molecule has 0 spiro atoms. The molecule has 8 heteroatoms. The van der Waals surface area contributed by atoms with Crippen LogP contribution in [0.4, 0.5) is 13.2 Å². The number of ketones is 2. The van der Waals surface area contributed by atoms with Crippen molar-refractivity contribution in [2.24, 2.45) is 0 Å². The minimum absolute atomic E-state index is 0.210. The predicted octanol–water partition coefficient (Wildman–Crippen LogP) is 0.512. The number of hydrogen-bond donors (Lipinski definition) is 0. The highest BCUT2D eigenvalue weighted by Crippen LogP contribution is 2.23. The molecule has 0 saturated carbocycles. The number of alkyl halides is 3. The van der Waals surface area contributed by atoms with E-state index in [1.165, 1.54) is 0 Å². The van der Waals surface area contributed by atoms with Gasteiger partial charge in [0.25, 0.3) is 0 Å². The van der Waals surface area contributed by atoms with Crippen molar-refractivity contribution in [3.8, 4) is 0 Å².